The van der Waals surface area contributed by atoms with E-state index < -0.39 is 0 Å². The fraction of sp³-hybridized carbons (Fsp3) is 0.533. The minimum absolute atomic E-state index is 0.0221. The van der Waals surface area contributed by atoms with Crippen molar-refractivity contribution in [3.63, 3.8) is 0 Å². The Morgan fingerprint density at radius 1 is 1.18 bits per heavy atom. The number of hydrogen-bond acceptors (Lipinski definition) is 2. The molecule has 92 valence electrons. The lowest BCUT2D eigenvalue weighted by Crippen LogP contribution is -2.14. The average molecular weight is 231 g/mol. The van der Waals surface area contributed by atoms with E-state index in [0.29, 0.717) is 5.92 Å². The summed E-state index contributed by atoms with van der Waals surface area (Å²) in [4.78, 5) is 11.4. The molecule has 1 aromatic rings. The van der Waals surface area contributed by atoms with Crippen molar-refractivity contribution in [2.45, 2.75) is 38.5 Å². The van der Waals surface area contributed by atoms with Gasteiger partial charge in [-0.1, -0.05) is 44.0 Å². The quantitative estimate of drug-likeness (QED) is 0.812. The topological polar surface area (TPSA) is 43.1 Å². The minimum atomic E-state index is 0.0221. The Morgan fingerprint density at radius 3 is 2.29 bits per heavy atom. The van der Waals surface area contributed by atoms with Crippen LogP contribution in [0.15, 0.2) is 24.3 Å². The Labute approximate surface area is 103 Å². The van der Waals surface area contributed by atoms with Crippen molar-refractivity contribution >= 4 is 5.78 Å². The van der Waals surface area contributed by atoms with Crippen LogP contribution in [0.4, 0.5) is 0 Å². The van der Waals surface area contributed by atoms with Crippen LogP contribution in [0.1, 0.15) is 54.4 Å². The summed E-state index contributed by atoms with van der Waals surface area (Å²) < 4.78 is 0. The summed E-state index contributed by atoms with van der Waals surface area (Å²) in [6, 6.07) is 8.04. The van der Waals surface area contributed by atoms with Gasteiger partial charge < -0.3 is 5.73 Å². The predicted molar refractivity (Wildman–Crippen MR) is 70.2 cm³/mol. The molecule has 2 N–H and O–H groups in total. The van der Waals surface area contributed by atoms with Gasteiger partial charge in [-0.25, -0.2) is 0 Å². The SMILES string of the molecule is CC1CCC(c2ccc(C(=O)CN)cc2)CC1. The van der Waals surface area contributed by atoms with Gasteiger partial charge in [-0.05, 0) is 30.2 Å². The number of hydrogen-bond donors (Lipinski definition) is 1. The van der Waals surface area contributed by atoms with Crippen LogP contribution >= 0.6 is 0 Å². The predicted octanol–water partition coefficient (Wildman–Crippen LogP) is 3.12. The maximum Gasteiger partial charge on any atom is 0.176 e. The number of ketones is 1. The number of Topliss-reactive ketones (excluding diaryl/α,β-unsaturated/α-hetero) is 1. The molecule has 2 heteroatoms. The highest BCUT2D eigenvalue weighted by atomic mass is 16.1. The Morgan fingerprint density at radius 2 is 1.76 bits per heavy atom. The molecule has 1 aliphatic carbocycles. The normalized spacial score (nSPS) is 24.6. The second-order valence-electron chi connectivity index (χ2n) is 5.21. The lowest BCUT2D eigenvalue weighted by atomic mass is 9.79. The van der Waals surface area contributed by atoms with Crippen molar-refractivity contribution in [2.75, 3.05) is 6.54 Å². The van der Waals surface area contributed by atoms with Crippen LogP contribution in [0, 0.1) is 5.92 Å². The molecular weight excluding hydrogens is 210 g/mol. The zero-order chi connectivity index (χ0) is 12.3. The van der Waals surface area contributed by atoms with Crippen molar-refractivity contribution in [3.05, 3.63) is 35.4 Å². The van der Waals surface area contributed by atoms with Gasteiger partial charge in [0, 0.05) is 5.56 Å². The molecule has 0 aromatic heterocycles. The molecule has 1 saturated carbocycles. The highest BCUT2D eigenvalue weighted by Gasteiger charge is 2.19. The Kier molecular flexibility index (Phi) is 3.95. The highest BCUT2D eigenvalue weighted by molar-refractivity contribution is 5.97. The summed E-state index contributed by atoms with van der Waals surface area (Å²) in [5.74, 6) is 1.59. The third-order valence-corrected chi connectivity index (χ3v) is 3.91. The molecule has 2 rings (SSSR count). The molecule has 0 spiro atoms. The van der Waals surface area contributed by atoms with Gasteiger partial charge >= 0.3 is 0 Å². The van der Waals surface area contributed by atoms with Crippen LogP contribution in [0.2, 0.25) is 0 Å². The summed E-state index contributed by atoms with van der Waals surface area (Å²) in [7, 11) is 0. The Balaban J connectivity index is 2.05. The third kappa shape index (κ3) is 2.95. The van der Waals surface area contributed by atoms with Crippen LogP contribution < -0.4 is 5.73 Å². The van der Waals surface area contributed by atoms with Crippen LogP contribution in [-0.4, -0.2) is 12.3 Å². The van der Waals surface area contributed by atoms with Crippen LogP contribution in [-0.2, 0) is 0 Å². The van der Waals surface area contributed by atoms with E-state index in [9.17, 15) is 4.79 Å². The summed E-state index contributed by atoms with van der Waals surface area (Å²) in [6.45, 7) is 2.43. The van der Waals surface area contributed by atoms with Gasteiger partial charge in [0.15, 0.2) is 5.78 Å². The zero-order valence-corrected chi connectivity index (χ0v) is 10.5. The van der Waals surface area contributed by atoms with Crippen molar-refractivity contribution in [1.29, 1.82) is 0 Å². The monoisotopic (exact) mass is 231 g/mol. The van der Waals surface area contributed by atoms with E-state index in [2.05, 4.69) is 19.1 Å². The van der Waals surface area contributed by atoms with Gasteiger partial charge in [-0.15, -0.1) is 0 Å². The molecule has 0 bridgehead atoms. The first-order valence-electron chi connectivity index (χ1n) is 6.54. The van der Waals surface area contributed by atoms with Gasteiger partial charge in [-0.2, -0.15) is 0 Å². The van der Waals surface area contributed by atoms with E-state index >= 15 is 0 Å². The van der Waals surface area contributed by atoms with Crippen molar-refractivity contribution in [1.82, 2.24) is 0 Å². The first kappa shape index (κ1) is 12.3. The molecule has 1 aliphatic rings. The largest absolute Gasteiger partial charge is 0.324 e. The second-order valence-corrected chi connectivity index (χ2v) is 5.21. The molecule has 1 fully saturated rings. The summed E-state index contributed by atoms with van der Waals surface area (Å²) in [5, 5.41) is 0. The maximum absolute atomic E-state index is 11.4. The lowest BCUT2D eigenvalue weighted by Gasteiger charge is -2.26. The van der Waals surface area contributed by atoms with E-state index in [1.54, 1.807) is 0 Å². The van der Waals surface area contributed by atoms with Crippen molar-refractivity contribution in [2.24, 2.45) is 11.7 Å². The molecule has 1 aromatic carbocycles. The molecular formula is C15H21NO. The van der Waals surface area contributed by atoms with E-state index in [1.807, 2.05) is 12.1 Å². The second kappa shape index (κ2) is 5.46. The third-order valence-electron chi connectivity index (χ3n) is 3.91. The summed E-state index contributed by atoms with van der Waals surface area (Å²) in [6.07, 6.45) is 5.22. The fourth-order valence-corrected chi connectivity index (χ4v) is 2.65. The summed E-state index contributed by atoms with van der Waals surface area (Å²) >= 11 is 0. The van der Waals surface area contributed by atoms with Crippen LogP contribution in [0.3, 0.4) is 0 Å². The molecule has 0 unspecified atom stereocenters. The number of nitrogens with two attached hydrogens (primary N) is 1. The van der Waals surface area contributed by atoms with Gasteiger partial charge in [0.2, 0.25) is 0 Å². The van der Waals surface area contributed by atoms with E-state index in [4.69, 9.17) is 5.73 Å². The number of rotatable bonds is 3. The van der Waals surface area contributed by atoms with Gasteiger partial charge in [-0.3, -0.25) is 4.79 Å². The standard InChI is InChI=1S/C15H21NO/c1-11-2-4-12(5-3-11)13-6-8-14(9-7-13)15(17)10-16/h6-9,11-12H,2-5,10,16H2,1H3. The first-order valence-corrected chi connectivity index (χ1v) is 6.54. The zero-order valence-electron chi connectivity index (χ0n) is 10.5. The lowest BCUT2D eigenvalue weighted by molar-refractivity contribution is 0.100. The molecule has 17 heavy (non-hydrogen) atoms. The molecule has 0 aliphatic heterocycles. The van der Waals surface area contributed by atoms with Crippen LogP contribution in [0.5, 0.6) is 0 Å². The van der Waals surface area contributed by atoms with Gasteiger partial charge in [0.1, 0.15) is 0 Å². The molecule has 0 saturated heterocycles. The molecule has 2 nitrogen and oxygen atoms in total. The first-order chi connectivity index (χ1) is 8.20. The number of carbonyl (C=O) groups excluding carboxylic acids is 1. The molecule has 0 heterocycles. The molecule has 0 radical (unpaired) electrons. The van der Waals surface area contributed by atoms with E-state index in [-0.39, 0.29) is 12.3 Å². The molecule has 0 amide bonds. The Hall–Kier alpha value is -1.15. The fourth-order valence-electron chi connectivity index (χ4n) is 2.65. The average Bonchev–Trinajstić information content (AvgIpc) is 2.39. The highest BCUT2D eigenvalue weighted by Crippen LogP contribution is 2.35. The minimum Gasteiger partial charge on any atom is -0.324 e. The van der Waals surface area contributed by atoms with Gasteiger partial charge in [0.25, 0.3) is 0 Å². The van der Waals surface area contributed by atoms with E-state index in [0.717, 1.165) is 11.5 Å². The number of benzene rings is 1. The van der Waals surface area contributed by atoms with E-state index in [1.165, 1.54) is 31.2 Å². The number of carbonyl (C=O) groups is 1. The maximum atomic E-state index is 11.4. The van der Waals surface area contributed by atoms with Gasteiger partial charge in [0.05, 0.1) is 6.54 Å². The summed E-state index contributed by atoms with van der Waals surface area (Å²) in [5.41, 5.74) is 7.47. The van der Waals surface area contributed by atoms with Crippen LogP contribution in [0.25, 0.3) is 0 Å². The van der Waals surface area contributed by atoms with Crippen molar-refractivity contribution < 1.29 is 4.79 Å². The smallest absolute Gasteiger partial charge is 0.176 e. The van der Waals surface area contributed by atoms with Crippen molar-refractivity contribution in [3.8, 4) is 0 Å². The molecule has 0 atom stereocenters. The Bertz CT molecular complexity index is 374.